The van der Waals surface area contributed by atoms with Gasteiger partial charge in [-0.3, -0.25) is 19.7 Å². The Bertz CT molecular complexity index is 1970. The van der Waals surface area contributed by atoms with Gasteiger partial charge < -0.3 is 23.3 Å². The predicted molar refractivity (Wildman–Crippen MR) is 207 cm³/mol. The zero-order valence-corrected chi connectivity index (χ0v) is 32.8. The van der Waals surface area contributed by atoms with E-state index in [1.807, 2.05) is 55.5 Å². The van der Waals surface area contributed by atoms with Gasteiger partial charge in [0.05, 0.1) is 50.5 Å². The number of methoxy groups -OCH3 is 1. The first kappa shape index (κ1) is 39.5. The monoisotopic (exact) mass is 755 g/mol. The minimum atomic E-state index is -1.65. The van der Waals surface area contributed by atoms with Crippen molar-refractivity contribution < 1.29 is 23.3 Å². The summed E-state index contributed by atoms with van der Waals surface area (Å²) in [5, 5.41) is 13.4. The van der Waals surface area contributed by atoms with E-state index < -0.39 is 55.4 Å². The van der Waals surface area contributed by atoms with Gasteiger partial charge in [-0.1, -0.05) is 72.8 Å². The molecule has 1 unspecified atom stereocenters. The Kier molecular flexibility index (Phi) is 12.2. The zero-order valence-electron chi connectivity index (χ0n) is 31.9. The number of ether oxygens (including phenoxy) is 3. The van der Waals surface area contributed by atoms with E-state index in [1.165, 1.54) is 10.8 Å². The predicted octanol–water partition coefficient (Wildman–Crippen LogP) is 6.15. The third-order valence-corrected chi connectivity index (χ3v) is 12.4. The van der Waals surface area contributed by atoms with Crippen molar-refractivity contribution in [3.05, 3.63) is 134 Å². The average Bonchev–Trinajstić information content (AvgIpc) is 3.61. The van der Waals surface area contributed by atoms with Gasteiger partial charge in [-0.15, -0.1) is 0 Å². The molecule has 2 N–H and O–H groups in total. The molecule has 1 aromatic heterocycles. The van der Waals surface area contributed by atoms with Gasteiger partial charge in [-0.2, -0.15) is 5.26 Å². The molecule has 6 atom stereocenters. The summed E-state index contributed by atoms with van der Waals surface area (Å²) >= 11 is 0. The normalized spacial score (nSPS) is 22.9. The average molecular weight is 756 g/mol. The molecule has 6 rings (SSSR count). The molecule has 0 saturated carbocycles. The van der Waals surface area contributed by atoms with Crippen LogP contribution in [0.25, 0.3) is 0 Å². The first-order valence-corrected chi connectivity index (χ1v) is 19.5. The Balaban J connectivity index is 1.53. The van der Waals surface area contributed by atoms with Crippen LogP contribution in [0.5, 0.6) is 5.75 Å². The van der Waals surface area contributed by atoms with Gasteiger partial charge in [0.15, 0.2) is 6.23 Å². The number of benzene rings is 3. The fourth-order valence-corrected chi connectivity index (χ4v) is 9.41. The number of nitriles is 1. The van der Waals surface area contributed by atoms with Crippen LogP contribution in [-0.2, 0) is 24.1 Å². The molecule has 2 bridgehead atoms. The lowest BCUT2D eigenvalue weighted by Crippen LogP contribution is -2.61. The largest absolute Gasteiger partial charge is 0.497 e. The van der Waals surface area contributed by atoms with Gasteiger partial charge in [-0.05, 0) is 70.4 Å². The lowest BCUT2D eigenvalue weighted by Gasteiger charge is -2.43. The Morgan fingerprint density at radius 2 is 1.56 bits per heavy atom. The van der Waals surface area contributed by atoms with Crippen molar-refractivity contribution in [1.82, 2.24) is 19.5 Å². The first-order valence-electron chi connectivity index (χ1n) is 18.4. The molecule has 13 heteroatoms. The lowest BCUT2D eigenvalue weighted by molar-refractivity contribution is -0.215. The minimum absolute atomic E-state index is 0.0341. The van der Waals surface area contributed by atoms with E-state index in [-0.39, 0.29) is 31.7 Å². The van der Waals surface area contributed by atoms with E-state index in [4.69, 9.17) is 23.3 Å². The summed E-state index contributed by atoms with van der Waals surface area (Å²) in [5.41, 5.74) is 0.0530. The van der Waals surface area contributed by atoms with Gasteiger partial charge in [0.25, 0.3) is 14.1 Å². The van der Waals surface area contributed by atoms with Crippen molar-refractivity contribution >= 4 is 8.53 Å². The highest BCUT2D eigenvalue weighted by Gasteiger charge is 2.68. The highest BCUT2D eigenvalue weighted by molar-refractivity contribution is 7.44. The number of aryl methyl sites for hydroxylation is 1. The van der Waals surface area contributed by atoms with Crippen molar-refractivity contribution in [3.8, 4) is 11.8 Å². The van der Waals surface area contributed by atoms with Crippen molar-refractivity contribution in [2.24, 2.45) is 0 Å². The fourth-order valence-electron chi connectivity index (χ4n) is 7.76. The maximum Gasteiger partial charge on any atom is 0.330 e. The van der Waals surface area contributed by atoms with Gasteiger partial charge in [0, 0.05) is 23.8 Å². The van der Waals surface area contributed by atoms with E-state index in [0.29, 0.717) is 5.56 Å². The van der Waals surface area contributed by atoms with Gasteiger partial charge >= 0.3 is 5.69 Å². The van der Waals surface area contributed by atoms with Crippen LogP contribution >= 0.6 is 8.53 Å². The third-order valence-electron chi connectivity index (χ3n) is 10.3. The second-order valence-corrected chi connectivity index (χ2v) is 15.8. The summed E-state index contributed by atoms with van der Waals surface area (Å²) in [4.78, 5) is 28.4. The second-order valence-electron chi connectivity index (χ2n) is 14.3. The van der Waals surface area contributed by atoms with Crippen LogP contribution in [0, 0.1) is 18.3 Å². The molecule has 0 amide bonds. The molecule has 54 heavy (non-hydrogen) atoms. The molecule has 2 saturated heterocycles. The van der Waals surface area contributed by atoms with Crippen molar-refractivity contribution in [3.63, 3.8) is 0 Å². The Hall–Kier alpha value is -4.18. The maximum absolute atomic E-state index is 13.5. The molecule has 12 nitrogen and oxygen atoms in total. The van der Waals surface area contributed by atoms with Gasteiger partial charge in [-0.25, -0.2) is 9.46 Å². The van der Waals surface area contributed by atoms with Crippen LogP contribution < -0.4 is 21.3 Å². The minimum Gasteiger partial charge on any atom is -0.497 e. The lowest BCUT2D eigenvalue weighted by atomic mass is 9.75. The highest BCUT2D eigenvalue weighted by Crippen LogP contribution is 2.54. The summed E-state index contributed by atoms with van der Waals surface area (Å²) in [6.45, 7) is 12.2. The maximum atomic E-state index is 13.5. The summed E-state index contributed by atoms with van der Waals surface area (Å²) in [7, 11) is -0.0104. The number of nitrogens with one attached hydrogen (secondary N) is 2. The van der Waals surface area contributed by atoms with E-state index in [9.17, 15) is 14.9 Å². The topological polar surface area (TPSA) is 140 Å². The van der Waals surface area contributed by atoms with E-state index in [0.717, 1.165) is 22.4 Å². The fraction of sp³-hybridized carbons (Fsp3) is 0.439. The number of aromatic nitrogens is 2. The molecule has 2 aliphatic heterocycles. The Morgan fingerprint density at radius 3 is 2.11 bits per heavy atom. The molecule has 0 spiro atoms. The molecule has 0 aliphatic carbocycles. The molecular weight excluding hydrogens is 705 g/mol. The molecule has 2 aliphatic rings. The summed E-state index contributed by atoms with van der Waals surface area (Å²) in [6, 6.07) is 30.1. The zero-order chi connectivity index (χ0) is 38.6. The molecule has 4 aromatic rings. The quantitative estimate of drug-likeness (QED) is 0.0778. The first-order chi connectivity index (χ1) is 26.0. The van der Waals surface area contributed by atoms with Crippen molar-refractivity contribution in [2.45, 2.75) is 95.7 Å². The van der Waals surface area contributed by atoms with Crippen LogP contribution in [0.4, 0.5) is 0 Å². The smallest absolute Gasteiger partial charge is 0.330 e. The molecule has 2 fully saturated rings. The van der Waals surface area contributed by atoms with Crippen LogP contribution in [-0.4, -0.2) is 70.5 Å². The Labute approximate surface area is 317 Å². The van der Waals surface area contributed by atoms with E-state index in [1.54, 1.807) is 14.0 Å². The summed E-state index contributed by atoms with van der Waals surface area (Å²) in [6.07, 6.45) is -0.377. The molecule has 286 valence electrons. The van der Waals surface area contributed by atoms with Gasteiger partial charge in [0.1, 0.15) is 17.5 Å². The van der Waals surface area contributed by atoms with Gasteiger partial charge in [0.2, 0.25) is 0 Å². The van der Waals surface area contributed by atoms with Crippen molar-refractivity contribution in [2.75, 3.05) is 20.3 Å². The number of rotatable bonds is 16. The third kappa shape index (κ3) is 7.42. The van der Waals surface area contributed by atoms with E-state index in [2.05, 4.69) is 85.1 Å². The molecule has 3 heterocycles. The van der Waals surface area contributed by atoms with E-state index >= 15 is 0 Å². The molecule has 3 aromatic carbocycles. The van der Waals surface area contributed by atoms with Crippen LogP contribution in [0.15, 0.2) is 101 Å². The number of fused-ring (bicyclic) bond motifs is 2. The summed E-state index contributed by atoms with van der Waals surface area (Å²) < 4.78 is 36.2. The molecule has 0 radical (unpaired) electrons. The Morgan fingerprint density at radius 1 is 0.963 bits per heavy atom. The number of hydrogen-bond acceptors (Lipinski definition) is 10. The number of nitrogens with zero attached hydrogens (tertiary/aromatic N) is 3. The number of aromatic amines is 1. The van der Waals surface area contributed by atoms with Crippen LogP contribution in [0.1, 0.15) is 69.5 Å². The standard InChI is InChI=1S/C41H50N5O7P/c1-27(2)46(28(3)4)54(50-24-14-23-42)51-26-40-30(6)52-35(38(53-40)45-25-29(5)37(47)43-39(45)48)36(40)44-41(31-15-10-8-11-16-31,32-17-12-9-13-18-32)33-19-21-34(49-7)22-20-33/h8-13,15-22,25,27-28,30,35-36,38,44H,14,24,26H2,1-7H3,(H,43,47,48)/t30-,35-,36+,38-,40+,54?/m1/s1. The summed E-state index contributed by atoms with van der Waals surface area (Å²) in [5.74, 6) is 0.720. The van der Waals surface area contributed by atoms with Crippen molar-refractivity contribution in [1.29, 1.82) is 5.26 Å². The number of hydrogen-bond donors (Lipinski definition) is 2. The van der Waals surface area contributed by atoms with Crippen LogP contribution in [0.3, 0.4) is 0 Å². The van der Waals surface area contributed by atoms with Crippen LogP contribution in [0.2, 0.25) is 0 Å². The highest BCUT2D eigenvalue weighted by atomic mass is 31.2. The second kappa shape index (κ2) is 16.7. The molecular formula is C41H50N5O7P. The SMILES string of the molecule is COc1ccc(C(N[C@H]2[C@H]3O[C@H](C)[C@]2(COP(OCCC#N)N(C(C)C)C(C)C)O[C@H]3n2cc(C)c(=O)[nH]c2=O)(c2ccccc2)c2ccccc2)cc1. The number of H-pyrrole nitrogens is 1.